The summed E-state index contributed by atoms with van der Waals surface area (Å²) in [6.45, 7) is 6.20. The van der Waals surface area contributed by atoms with E-state index in [1.807, 2.05) is 6.92 Å². The van der Waals surface area contributed by atoms with Gasteiger partial charge in [0.1, 0.15) is 6.61 Å². The molecule has 1 rings (SSSR count). The van der Waals surface area contributed by atoms with Gasteiger partial charge in [0.05, 0.1) is 52.3 Å². The van der Waals surface area contributed by atoms with Crippen molar-refractivity contribution in [1.29, 1.82) is 0 Å². The molecule has 1 saturated heterocycles. The van der Waals surface area contributed by atoms with Crippen LogP contribution in [0.4, 0.5) is 4.79 Å². The first-order valence-corrected chi connectivity index (χ1v) is 10.7. The number of ether oxygens (including phenoxy) is 4. The SMILES string of the molecule is C#CCOCCOCCOCCOCCNC(=O)CCCCCC1NC(=O)NC1C. The summed E-state index contributed by atoms with van der Waals surface area (Å²) in [4.78, 5) is 23.0. The lowest BCUT2D eigenvalue weighted by atomic mass is 10.0. The highest BCUT2D eigenvalue weighted by Crippen LogP contribution is 2.11. The Balaban J connectivity index is 1.77. The summed E-state index contributed by atoms with van der Waals surface area (Å²) in [6, 6.07) is 0.274. The molecule has 0 spiro atoms. The summed E-state index contributed by atoms with van der Waals surface area (Å²) in [6.07, 6.45) is 9.33. The second-order valence-electron chi connectivity index (χ2n) is 7.06. The van der Waals surface area contributed by atoms with Crippen LogP contribution in [-0.4, -0.2) is 83.4 Å². The molecule has 0 saturated carbocycles. The maximum atomic E-state index is 11.8. The van der Waals surface area contributed by atoms with Crippen LogP contribution in [0.15, 0.2) is 0 Å². The van der Waals surface area contributed by atoms with Gasteiger partial charge in [0.2, 0.25) is 5.91 Å². The molecule has 0 radical (unpaired) electrons. The van der Waals surface area contributed by atoms with Gasteiger partial charge < -0.3 is 34.9 Å². The van der Waals surface area contributed by atoms with Crippen molar-refractivity contribution in [3.63, 3.8) is 0 Å². The lowest BCUT2D eigenvalue weighted by Gasteiger charge is -2.13. The highest BCUT2D eigenvalue weighted by Gasteiger charge is 2.26. The monoisotopic (exact) mass is 427 g/mol. The van der Waals surface area contributed by atoms with Crippen LogP contribution in [-0.2, 0) is 23.7 Å². The zero-order chi connectivity index (χ0) is 21.9. The van der Waals surface area contributed by atoms with Crippen molar-refractivity contribution >= 4 is 11.9 Å². The maximum Gasteiger partial charge on any atom is 0.315 e. The number of nitrogens with one attached hydrogen (secondary N) is 3. The number of rotatable bonds is 19. The summed E-state index contributed by atoms with van der Waals surface area (Å²) in [7, 11) is 0. The van der Waals surface area contributed by atoms with Gasteiger partial charge in [0.15, 0.2) is 0 Å². The summed E-state index contributed by atoms with van der Waals surface area (Å²) >= 11 is 0. The maximum absolute atomic E-state index is 11.8. The molecular formula is C21H37N3O6. The minimum atomic E-state index is -0.0898. The van der Waals surface area contributed by atoms with E-state index in [1.54, 1.807) is 0 Å². The highest BCUT2D eigenvalue weighted by molar-refractivity contribution is 5.77. The molecule has 1 aliphatic rings. The van der Waals surface area contributed by atoms with E-state index in [2.05, 4.69) is 21.9 Å². The molecule has 0 aliphatic carbocycles. The molecule has 172 valence electrons. The summed E-state index contributed by atoms with van der Waals surface area (Å²) < 4.78 is 21.2. The Bertz CT molecular complexity index is 511. The summed E-state index contributed by atoms with van der Waals surface area (Å²) in [5.41, 5.74) is 0. The molecule has 2 unspecified atom stereocenters. The van der Waals surface area contributed by atoms with Crippen molar-refractivity contribution < 1.29 is 28.5 Å². The zero-order valence-corrected chi connectivity index (χ0v) is 18.1. The second kappa shape index (κ2) is 18.0. The minimum absolute atomic E-state index is 0.0439. The predicted octanol–water partition coefficient (Wildman–Crippen LogP) is 0.823. The fraction of sp³-hybridized carbons (Fsp3) is 0.810. The standard InChI is InChI=1S/C21H37N3O6/c1-3-10-27-12-14-29-16-17-30-15-13-28-11-9-22-20(25)8-6-4-5-7-19-18(2)23-21(26)24-19/h1,18-19H,4-17H2,2H3,(H,22,25)(H2,23,24,26). The Morgan fingerprint density at radius 3 is 2.20 bits per heavy atom. The molecular weight excluding hydrogens is 390 g/mol. The van der Waals surface area contributed by atoms with Crippen LogP contribution >= 0.6 is 0 Å². The van der Waals surface area contributed by atoms with Crippen LogP contribution in [0.1, 0.15) is 39.0 Å². The van der Waals surface area contributed by atoms with E-state index in [-0.39, 0.29) is 24.0 Å². The number of carbonyl (C=O) groups is 2. The van der Waals surface area contributed by atoms with Crippen LogP contribution in [0.3, 0.4) is 0 Å². The number of carbonyl (C=O) groups excluding carboxylic acids is 2. The van der Waals surface area contributed by atoms with E-state index in [0.29, 0.717) is 65.8 Å². The Morgan fingerprint density at radius 2 is 1.60 bits per heavy atom. The van der Waals surface area contributed by atoms with Gasteiger partial charge in [-0.05, 0) is 19.8 Å². The summed E-state index contributed by atoms with van der Waals surface area (Å²) in [5, 5.41) is 8.59. The van der Waals surface area contributed by atoms with Crippen molar-refractivity contribution in [2.45, 2.75) is 51.1 Å². The number of hydrogen-bond donors (Lipinski definition) is 3. The first kappa shape index (κ1) is 26.2. The van der Waals surface area contributed by atoms with Gasteiger partial charge in [0.25, 0.3) is 0 Å². The minimum Gasteiger partial charge on any atom is -0.377 e. The average Bonchev–Trinajstić information content (AvgIpc) is 3.05. The molecule has 1 aliphatic heterocycles. The van der Waals surface area contributed by atoms with E-state index >= 15 is 0 Å². The van der Waals surface area contributed by atoms with Crippen molar-refractivity contribution in [2.75, 3.05) is 59.4 Å². The Kier molecular flexibility index (Phi) is 15.7. The van der Waals surface area contributed by atoms with Gasteiger partial charge in [-0.25, -0.2) is 4.79 Å². The fourth-order valence-electron chi connectivity index (χ4n) is 2.93. The molecule has 9 nitrogen and oxygen atoms in total. The Labute approximate surface area is 179 Å². The Morgan fingerprint density at radius 1 is 0.967 bits per heavy atom. The highest BCUT2D eigenvalue weighted by atomic mass is 16.6. The van der Waals surface area contributed by atoms with Gasteiger partial charge in [-0.3, -0.25) is 4.79 Å². The van der Waals surface area contributed by atoms with Crippen LogP contribution in [0.2, 0.25) is 0 Å². The lowest BCUT2D eigenvalue weighted by molar-refractivity contribution is -0.121. The van der Waals surface area contributed by atoms with Crippen molar-refractivity contribution in [2.24, 2.45) is 0 Å². The second-order valence-corrected chi connectivity index (χ2v) is 7.06. The van der Waals surface area contributed by atoms with Gasteiger partial charge in [0, 0.05) is 19.0 Å². The van der Waals surface area contributed by atoms with E-state index in [4.69, 9.17) is 25.4 Å². The smallest absolute Gasteiger partial charge is 0.315 e. The third-order valence-electron chi connectivity index (χ3n) is 4.57. The largest absolute Gasteiger partial charge is 0.377 e. The Hall–Kier alpha value is -1.86. The topological polar surface area (TPSA) is 107 Å². The number of hydrogen-bond acceptors (Lipinski definition) is 6. The molecule has 0 bridgehead atoms. The first-order valence-electron chi connectivity index (χ1n) is 10.7. The van der Waals surface area contributed by atoms with Crippen molar-refractivity contribution in [3.05, 3.63) is 0 Å². The third-order valence-corrected chi connectivity index (χ3v) is 4.57. The number of terminal acetylenes is 1. The van der Waals surface area contributed by atoms with Gasteiger partial charge in [-0.15, -0.1) is 6.42 Å². The van der Waals surface area contributed by atoms with E-state index < -0.39 is 0 Å². The molecule has 1 fully saturated rings. The fourth-order valence-corrected chi connectivity index (χ4v) is 2.93. The predicted molar refractivity (Wildman–Crippen MR) is 113 cm³/mol. The van der Waals surface area contributed by atoms with Gasteiger partial charge >= 0.3 is 6.03 Å². The quantitative estimate of drug-likeness (QED) is 0.208. The van der Waals surface area contributed by atoms with Crippen LogP contribution in [0, 0.1) is 12.3 Å². The molecule has 0 aromatic carbocycles. The molecule has 2 atom stereocenters. The van der Waals surface area contributed by atoms with Crippen LogP contribution in [0.25, 0.3) is 0 Å². The van der Waals surface area contributed by atoms with Crippen molar-refractivity contribution in [1.82, 2.24) is 16.0 Å². The summed E-state index contributed by atoms with van der Waals surface area (Å²) in [5.74, 6) is 2.43. The number of urea groups is 1. The van der Waals surface area contributed by atoms with Crippen LogP contribution < -0.4 is 16.0 Å². The van der Waals surface area contributed by atoms with E-state index in [9.17, 15) is 9.59 Å². The van der Waals surface area contributed by atoms with E-state index in [1.165, 1.54) is 0 Å². The molecule has 9 heteroatoms. The van der Waals surface area contributed by atoms with Crippen LogP contribution in [0.5, 0.6) is 0 Å². The van der Waals surface area contributed by atoms with Gasteiger partial charge in [-0.1, -0.05) is 18.8 Å². The molecule has 3 N–H and O–H groups in total. The normalized spacial score (nSPS) is 17.9. The molecule has 1 heterocycles. The average molecular weight is 428 g/mol. The molecule has 30 heavy (non-hydrogen) atoms. The molecule has 3 amide bonds. The number of unbranched alkanes of at least 4 members (excludes halogenated alkanes) is 2. The van der Waals surface area contributed by atoms with Crippen molar-refractivity contribution in [3.8, 4) is 12.3 Å². The third kappa shape index (κ3) is 14.2. The lowest BCUT2D eigenvalue weighted by Crippen LogP contribution is -2.30. The zero-order valence-electron chi connectivity index (χ0n) is 18.1. The molecule has 0 aromatic heterocycles. The first-order chi connectivity index (χ1) is 14.6. The van der Waals surface area contributed by atoms with Gasteiger partial charge in [-0.2, -0.15) is 0 Å². The molecule has 0 aromatic rings. The van der Waals surface area contributed by atoms with E-state index in [0.717, 1.165) is 25.7 Å². The number of amides is 3.